The van der Waals surface area contributed by atoms with E-state index in [1.54, 1.807) is 23.9 Å². The molecule has 2 amide bonds. The molecule has 7 nitrogen and oxygen atoms in total. The molecule has 0 saturated carbocycles. The van der Waals surface area contributed by atoms with Gasteiger partial charge < -0.3 is 14.2 Å². The zero-order valence-corrected chi connectivity index (χ0v) is 15.4. The first kappa shape index (κ1) is 16.9. The number of aromatic nitrogens is 2. The highest BCUT2D eigenvalue weighted by Gasteiger charge is 2.53. The molecule has 1 atom stereocenters. The van der Waals surface area contributed by atoms with Crippen molar-refractivity contribution >= 4 is 11.8 Å². The SMILES string of the molecule is Cc1occc1C(=O)N1CCC2(CC1)[C@@H](c1cnn(C)c1)CC(=O)N2C. The van der Waals surface area contributed by atoms with Crippen molar-refractivity contribution in [2.45, 2.75) is 37.6 Å². The number of piperidine rings is 1. The van der Waals surface area contributed by atoms with Gasteiger partial charge in [-0.1, -0.05) is 0 Å². The molecule has 0 aromatic carbocycles. The maximum atomic E-state index is 12.8. The van der Waals surface area contributed by atoms with E-state index in [9.17, 15) is 9.59 Å². The van der Waals surface area contributed by atoms with Crippen molar-refractivity contribution in [1.29, 1.82) is 0 Å². The summed E-state index contributed by atoms with van der Waals surface area (Å²) in [4.78, 5) is 29.0. The minimum absolute atomic E-state index is 0.0102. The van der Waals surface area contributed by atoms with Crippen molar-refractivity contribution < 1.29 is 14.0 Å². The number of aryl methyl sites for hydroxylation is 2. The average molecular weight is 356 g/mol. The lowest BCUT2D eigenvalue weighted by molar-refractivity contribution is -0.130. The molecule has 0 bridgehead atoms. The summed E-state index contributed by atoms with van der Waals surface area (Å²) in [6.07, 6.45) is 7.48. The third kappa shape index (κ3) is 2.45. The van der Waals surface area contributed by atoms with Gasteiger partial charge in [-0.25, -0.2) is 0 Å². The van der Waals surface area contributed by atoms with Crippen LogP contribution in [0.15, 0.2) is 29.1 Å². The van der Waals surface area contributed by atoms with Crippen LogP contribution in [0, 0.1) is 6.92 Å². The number of rotatable bonds is 2. The average Bonchev–Trinajstić information content (AvgIpc) is 3.31. The van der Waals surface area contributed by atoms with Crippen LogP contribution in [0.2, 0.25) is 0 Å². The first-order valence-corrected chi connectivity index (χ1v) is 9.01. The highest BCUT2D eigenvalue weighted by molar-refractivity contribution is 5.95. The Morgan fingerprint density at radius 3 is 2.62 bits per heavy atom. The van der Waals surface area contributed by atoms with Gasteiger partial charge in [-0.05, 0) is 31.4 Å². The van der Waals surface area contributed by atoms with Crippen molar-refractivity contribution in [3.05, 3.63) is 41.6 Å². The standard InChI is InChI=1S/C19H24N4O3/c1-13-15(4-9-26-13)18(25)23-7-5-19(6-8-23)16(10-17(24)22(19)3)14-11-20-21(2)12-14/h4,9,11-12,16H,5-8,10H2,1-3H3/t16-/m1/s1. The fraction of sp³-hybridized carbons (Fsp3) is 0.526. The molecule has 26 heavy (non-hydrogen) atoms. The molecule has 0 aliphatic carbocycles. The van der Waals surface area contributed by atoms with E-state index < -0.39 is 0 Å². The van der Waals surface area contributed by atoms with E-state index in [1.165, 1.54) is 0 Å². The normalized spacial score (nSPS) is 22.4. The molecule has 2 aromatic heterocycles. The second-order valence-corrected chi connectivity index (χ2v) is 7.44. The molecule has 2 aliphatic rings. The topological polar surface area (TPSA) is 71.6 Å². The van der Waals surface area contributed by atoms with Crippen molar-refractivity contribution in [3.63, 3.8) is 0 Å². The van der Waals surface area contributed by atoms with Gasteiger partial charge >= 0.3 is 0 Å². The zero-order valence-electron chi connectivity index (χ0n) is 15.4. The van der Waals surface area contributed by atoms with Crippen LogP contribution in [0.25, 0.3) is 0 Å². The molecule has 0 unspecified atom stereocenters. The third-order valence-electron chi connectivity index (χ3n) is 6.20. The predicted molar refractivity (Wildman–Crippen MR) is 94.6 cm³/mol. The van der Waals surface area contributed by atoms with Gasteiger partial charge in [0.05, 0.1) is 23.6 Å². The number of amides is 2. The Labute approximate surface area is 152 Å². The summed E-state index contributed by atoms with van der Waals surface area (Å²) in [6, 6.07) is 1.73. The van der Waals surface area contributed by atoms with Gasteiger partial charge in [-0.3, -0.25) is 14.3 Å². The molecule has 2 saturated heterocycles. The van der Waals surface area contributed by atoms with E-state index in [0.29, 0.717) is 30.8 Å². The quantitative estimate of drug-likeness (QED) is 0.824. The zero-order chi connectivity index (χ0) is 18.5. The minimum atomic E-state index is -0.234. The minimum Gasteiger partial charge on any atom is -0.469 e. The summed E-state index contributed by atoms with van der Waals surface area (Å²) in [5.41, 5.74) is 1.50. The van der Waals surface area contributed by atoms with E-state index in [-0.39, 0.29) is 23.3 Å². The van der Waals surface area contributed by atoms with Crippen molar-refractivity contribution in [1.82, 2.24) is 19.6 Å². The molecule has 2 aliphatic heterocycles. The second-order valence-electron chi connectivity index (χ2n) is 7.44. The second kappa shape index (κ2) is 6.00. The van der Waals surface area contributed by atoms with Gasteiger partial charge in [0, 0.05) is 45.7 Å². The maximum absolute atomic E-state index is 12.8. The number of hydrogen-bond donors (Lipinski definition) is 0. The predicted octanol–water partition coefficient (Wildman–Crippen LogP) is 1.94. The van der Waals surface area contributed by atoms with Crippen molar-refractivity contribution in [3.8, 4) is 0 Å². The van der Waals surface area contributed by atoms with Crippen LogP contribution in [0.4, 0.5) is 0 Å². The Morgan fingerprint density at radius 2 is 2.04 bits per heavy atom. The van der Waals surface area contributed by atoms with Gasteiger partial charge in [-0.15, -0.1) is 0 Å². The summed E-state index contributed by atoms with van der Waals surface area (Å²) < 4.78 is 7.05. The van der Waals surface area contributed by atoms with Gasteiger partial charge in [-0.2, -0.15) is 5.10 Å². The molecule has 0 N–H and O–H groups in total. The molecule has 4 heterocycles. The summed E-state index contributed by atoms with van der Waals surface area (Å²) >= 11 is 0. The Hall–Kier alpha value is -2.57. The molecular formula is C19H24N4O3. The molecule has 138 valence electrons. The number of carbonyl (C=O) groups excluding carboxylic acids is 2. The lowest BCUT2D eigenvalue weighted by Crippen LogP contribution is -2.55. The largest absolute Gasteiger partial charge is 0.469 e. The van der Waals surface area contributed by atoms with Crippen LogP contribution in [0.1, 0.15) is 46.9 Å². The summed E-state index contributed by atoms with van der Waals surface area (Å²) in [5, 5.41) is 4.29. The van der Waals surface area contributed by atoms with Gasteiger partial charge in [0.15, 0.2) is 0 Å². The van der Waals surface area contributed by atoms with Crippen molar-refractivity contribution in [2.24, 2.45) is 7.05 Å². The van der Waals surface area contributed by atoms with Crippen LogP contribution < -0.4 is 0 Å². The number of likely N-dealkylation sites (N-methyl/N-ethyl adjacent to an activating group) is 1. The summed E-state index contributed by atoms with van der Waals surface area (Å²) in [6.45, 7) is 3.08. The number of carbonyl (C=O) groups is 2. The fourth-order valence-electron chi connectivity index (χ4n) is 4.59. The Bertz CT molecular complexity index is 845. The molecule has 7 heteroatoms. The molecule has 2 aromatic rings. The van der Waals surface area contributed by atoms with Crippen LogP contribution in [0.3, 0.4) is 0 Å². The fourth-order valence-corrected chi connectivity index (χ4v) is 4.59. The Kier molecular flexibility index (Phi) is 3.89. The molecule has 2 fully saturated rings. The Balaban J connectivity index is 1.56. The number of hydrogen-bond acceptors (Lipinski definition) is 4. The molecule has 4 rings (SSSR count). The smallest absolute Gasteiger partial charge is 0.257 e. The number of nitrogens with zero attached hydrogens (tertiary/aromatic N) is 4. The Morgan fingerprint density at radius 1 is 1.31 bits per heavy atom. The summed E-state index contributed by atoms with van der Waals surface area (Å²) in [7, 11) is 3.79. The van der Waals surface area contributed by atoms with Crippen LogP contribution >= 0.6 is 0 Å². The van der Waals surface area contributed by atoms with Crippen LogP contribution in [-0.4, -0.2) is 57.1 Å². The number of likely N-dealkylation sites (tertiary alicyclic amines) is 2. The van der Waals surface area contributed by atoms with E-state index in [1.807, 2.05) is 36.3 Å². The van der Waals surface area contributed by atoms with Crippen LogP contribution in [0.5, 0.6) is 0 Å². The van der Waals surface area contributed by atoms with Crippen molar-refractivity contribution in [2.75, 3.05) is 20.1 Å². The molecule has 0 radical (unpaired) electrons. The highest BCUT2D eigenvalue weighted by atomic mass is 16.3. The van der Waals surface area contributed by atoms with Crippen LogP contribution in [-0.2, 0) is 11.8 Å². The first-order valence-electron chi connectivity index (χ1n) is 9.01. The maximum Gasteiger partial charge on any atom is 0.257 e. The monoisotopic (exact) mass is 356 g/mol. The lowest BCUT2D eigenvalue weighted by Gasteiger charge is -2.46. The summed E-state index contributed by atoms with van der Waals surface area (Å²) in [5.74, 6) is 0.957. The number of furan rings is 1. The van der Waals surface area contributed by atoms with E-state index >= 15 is 0 Å². The van der Waals surface area contributed by atoms with E-state index in [2.05, 4.69) is 5.10 Å². The first-order chi connectivity index (χ1) is 12.4. The third-order valence-corrected chi connectivity index (χ3v) is 6.20. The van der Waals surface area contributed by atoms with Gasteiger partial charge in [0.1, 0.15) is 5.76 Å². The van der Waals surface area contributed by atoms with E-state index in [0.717, 1.165) is 18.4 Å². The molecular weight excluding hydrogens is 332 g/mol. The van der Waals surface area contributed by atoms with Gasteiger partial charge in [0.2, 0.25) is 5.91 Å². The lowest BCUT2D eigenvalue weighted by atomic mass is 9.74. The van der Waals surface area contributed by atoms with E-state index in [4.69, 9.17) is 4.42 Å². The molecule has 1 spiro atoms. The highest BCUT2D eigenvalue weighted by Crippen LogP contribution is 2.48. The van der Waals surface area contributed by atoms with Gasteiger partial charge in [0.25, 0.3) is 5.91 Å².